The first-order valence-electron chi connectivity index (χ1n) is 8.42. The number of aromatic nitrogens is 3. The maximum Gasteiger partial charge on any atom is 0.234 e. The van der Waals surface area contributed by atoms with Crippen molar-refractivity contribution < 1.29 is 0 Å². The standard InChI is InChI=1S/C19H23N5/c1-13-8-14(2)24-16(10-21-19(24)22-13)9-20-18-12-23(3)11-15-6-4-5-7-17(15)18/h4-8,10,18,20H,9,11-12H2,1-3H3. The zero-order valence-electron chi connectivity index (χ0n) is 14.5. The first-order valence-corrected chi connectivity index (χ1v) is 8.42. The van der Waals surface area contributed by atoms with Gasteiger partial charge in [0.1, 0.15) is 0 Å². The van der Waals surface area contributed by atoms with Crippen molar-refractivity contribution in [2.24, 2.45) is 0 Å². The molecule has 0 saturated heterocycles. The Balaban J connectivity index is 1.60. The summed E-state index contributed by atoms with van der Waals surface area (Å²) in [6, 6.07) is 11.2. The van der Waals surface area contributed by atoms with E-state index in [1.165, 1.54) is 16.8 Å². The van der Waals surface area contributed by atoms with E-state index in [0.29, 0.717) is 6.04 Å². The summed E-state index contributed by atoms with van der Waals surface area (Å²) in [6.07, 6.45) is 1.93. The van der Waals surface area contributed by atoms with Gasteiger partial charge in [-0.2, -0.15) is 0 Å². The predicted octanol–water partition coefficient (Wildman–Crippen LogP) is 2.62. The van der Waals surface area contributed by atoms with Gasteiger partial charge in [-0.05, 0) is 38.1 Å². The maximum atomic E-state index is 4.52. The summed E-state index contributed by atoms with van der Waals surface area (Å²) in [6.45, 7) is 6.93. The van der Waals surface area contributed by atoms with Crippen LogP contribution in [0.15, 0.2) is 36.5 Å². The molecule has 5 nitrogen and oxygen atoms in total. The number of fused-ring (bicyclic) bond motifs is 2. The van der Waals surface area contributed by atoms with Crippen LogP contribution < -0.4 is 5.32 Å². The molecule has 1 atom stereocenters. The van der Waals surface area contributed by atoms with Gasteiger partial charge in [-0.25, -0.2) is 9.97 Å². The monoisotopic (exact) mass is 321 g/mol. The molecule has 0 bridgehead atoms. The van der Waals surface area contributed by atoms with E-state index >= 15 is 0 Å². The molecule has 1 aromatic carbocycles. The highest BCUT2D eigenvalue weighted by molar-refractivity contribution is 5.36. The Morgan fingerprint density at radius 1 is 1.25 bits per heavy atom. The third-order valence-electron chi connectivity index (χ3n) is 4.76. The van der Waals surface area contributed by atoms with E-state index in [2.05, 4.69) is 68.9 Å². The van der Waals surface area contributed by atoms with Gasteiger partial charge in [0.15, 0.2) is 0 Å². The van der Waals surface area contributed by atoms with Gasteiger partial charge in [-0.1, -0.05) is 24.3 Å². The molecular formula is C19H23N5. The minimum absolute atomic E-state index is 0.337. The van der Waals surface area contributed by atoms with E-state index in [1.54, 1.807) is 0 Å². The zero-order valence-corrected chi connectivity index (χ0v) is 14.5. The molecule has 1 aliphatic rings. The lowest BCUT2D eigenvalue weighted by Gasteiger charge is -2.32. The van der Waals surface area contributed by atoms with Crippen LogP contribution in [0.25, 0.3) is 5.78 Å². The highest BCUT2D eigenvalue weighted by Crippen LogP contribution is 2.25. The predicted molar refractivity (Wildman–Crippen MR) is 94.8 cm³/mol. The fraction of sp³-hybridized carbons (Fsp3) is 0.368. The number of benzene rings is 1. The maximum absolute atomic E-state index is 4.52. The van der Waals surface area contributed by atoms with Crippen molar-refractivity contribution in [2.75, 3.05) is 13.6 Å². The smallest absolute Gasteiger partial charge is 0.234 e. The van der Waals surface area contributed by atoms with Gasteiger partial charge in [-0.3, -0.25) is 4.40 Å². The average molecular weight is 321 g/mol. The van der Waals surface area contributed by atoms with Crippen molar-refractivity contribution in [3.05, 3.63) is 64.7 Å². The number of rotatable bonds is 3. The van der Waals surface area contributed by atoms with Crippen LogP contribution in [0.1, 0.15) is 34.3 Å². The summed E-state index contributed by atoms with van der Waals surface area (Å²) < 4.78 is 2.14. The molecular weight excluding hydrogens is 298 g/mol. The van der Waals surface area contributed by atoms with Crippen LogP contribution >= 0.6 is 0 Å². The van der Waals surface area contributed by atoms with Gasteiger partial charge in [0.25, 0.3) is 0 Å². The Bertz CT molecular complexity index is 883. The number of aryl methyl sites for hydroxylation is 2. The zero-order chi connectivity index (χ0) is 16.7. The van der Waals surface area contributed by atoms with Gasteiger partial charge in [0.05, 0.1) is 11.9 Å². The summed E-state index contributed by atoms with van der Waals surface area (Å²) in [5, 5.41) is 3.71. The lowest BCUT2D eigenvalue weighted by atomic mass is 9.96. The number of hydrogen-bond acceptors (Lipinski definition) is 4. The highest BCUT2D eigenvalue weighted by atomic mass is 15.2. The topological polar surface area (TPSA) is 45.5 Å². The van der Waals surface area contributed by atoms with Crippen LogP contribution in [-0.4, -0.2) is 32.9 Å². The molecule has 0 aliphatic carbocycles. The van der Waals surface area contributed by atoms with E-state index in [-0.39, 0.29) is 0 Å². The molecule has 1 unspecified atom stereocenters. The molecule has 0 spiro atoms. The van der Waals surface area contributed by atoms with Gasteiger partial charge in [-0.15, -0.1) is 0 Å². The van der Waals surface area contributed by atoms with Gasteiger partial charge in [0.2, 0.25) is 5.78 Å². The molecule has 0 amide bonds. The van der Waals surface area contributed by atoms with Crippen LogP contribution in [0.2, 0.25) is 0 Å². The van der Waals surface area contributed by atoms with Crippen LogP contribution in [0, 0.1) is 13.8 Å². The Morgan fingerprint density at radius 2 is 2.08 bits per heavy atom. The number of imidazole rings is 1. The highest BCUT2D eigenvalue weighted by Gasteiger charge is 2.22. The SMILES string of the molecule is Cc1cc(C)n2c(CNC3CN(C)Cc4ccccc43)cnc2n1. The molecule has 124 valence electrons. The minimum atomic E-state index is 0.337. The molecule has 4 rings (SSSR count). The first kappa shape index (κ1) is 15.3. The molecule has 2 aromatic heterocycles. The minimum Gasteiger partial charge on any atom is -0.303 e. The Labute approximate surface area is 142 Å². The van der Waals surface area contributed by atoms with E-state index < -0.39 is 0 Å². The number of nitrogens with one attached hydrogen (secondary N) is 1. The summed E-state index contributed by atoms with van der Waals surface area (Å²) in [4.78, 5) is 11.3. The average Bonchev–Trinajstić information content (AvgIpc) is 2.95. The fourth-order valence-electron chi connectivity index (χ4n) is 3.71. The third kappa shape index (κ3) is 2.70. The second-order valence-corrected chi connectivity index (χ2v) is 6.75. The number of nitrogens with zero attached hydrogens (tertiary/aromatic N) is 4. The van der Waals surface area contributed by atoms with Crippen LogP contribution in [0.4, 0.5) is 0 Å². The summed E-state index contributed by atoms with van der Waals surface area (Å²) in [7, 11) is 2.18. The number of hydrogen-bond donors (Lipinski definition) is 1. The largest absolute Gasteiger partial charge is 0.303 e. The molecule has 0 saturated carbocycles. The van der Waals surface area contributed by atoms with Crippen molar-refractivity contribution in [1.29, 1.82) is 0 Å². The van der Waals surface area contributed by atoms with Crippen molar-refractivity contribution in [1.82, 2.24) is 24.6 Å². The van der Waals surface area contributed by atoms with E-state index in [9.17, 15) is 0 Å². The van der Waals surface area contributed by atoms with Gasteiger partial charge >= 0.3 is 0 Å². The van der Waals surface area contributed by atoms with Crippen molar-refractivity contribution in [3.63, 3.8) is 0 Å². The lowest BCUT2D eigenvalue weighted by Crippen LogP contribution is -2.37. The first-order chi connectivity index (χ1) is 11.6. The quantitative estimate of drug-likeness (QED) is 0.805. The summed E-state index contributed by atoms with van der Waals surface area (Å²) >= 11 is 0. The van der Waals surface area contributed by atoms with Gasteiger partial charge in [0, 0.05) is 37.1 Å². The molecule has 3 aromatic rings. The molecule has 5 heteroatoms. The molecule has 0 fully saturated rings. The van der Waals surface area contributed by atoms with Crippen LogP contribution in [0.3, 0.4) is 0 Å². The number of likely N-dealkylation sites (N-methyl/N-ethyl adjacent to an activating group) is 1. The Hall–Kier alpha value is -2.24. The van der Waals surface area contributed by atoms with Crippen LogP contribution in [-0.2, 0) is 13.1 Å². The second kappa shape index (κ2) is 6.00. The van der Waals surface area contributed by atoms with Crippen LogP contribution in [0.5, 0.6) is 0 Å². The Morgan fingerprint density at radius 3 is 2.96 bits per heavy atom. The Kier molecular flexibility index (Phi) is 3.82. The summed E-state index contributed by atoms with van der Waals surface area (Å²) in [5.41, 5.74) is 6.16. The lowest BCUT2D eigenvalue weighted by molar-refractivity contribution is 0.259. The third-order valence-corrected chi connectivity index (χ3v) is 4.76. The molecule has 3 heterocycles. The fourth-order valence-corrected chi connectivity index (χ4v) is 3.71. The summed E-state index contributed by atoms with van der Waals surface area (Å²) in [5.74, 6) is 0.783. The van der Waals surface area contributed by atoms with E-state index in [4.69, 9.17) is 0 Å². The molecule has 1 N–H and O–H groups in total. The van der Waals surface area contributed by atoms with Gasteiger partial charge < -0.3 is 10.2 Å². The molecule has 24 heavy (non-hydrogen) atoms. The molecule has 0 radical (unpaired) electrons. The van der Waals surface area contributed by atoms with Crippen molar-refractivity contribution in [2.45, 2.75) is 33.0 Å². The molecule has 1 aliphatic heterocycles. The second-order valence-electron chi connectivity index (χ2n) is 6.75. The van der Waals surface area contributed by atoms with E-state index in [1.807, 2.05) is 13.1 Å². The van der Waals surface area contributed by atoms with Crippen molar-refractivity contribution >= 4 is 5.78 Å². The normalized spacial score (nSPS) is 18.0. The van der Waals surface area contributed by atoms with E-state index in [0.717, 1.165) is 36.8 Å². The van der Waals surface area contributed by atoms with Crippen molar-refractivity contribution in [3.8, 4) is 0 Å².